The van der Waals surface area contributed by atoms with Gasteiger partial charge < -0.3 is 0 Å². The van der Waals surface area contributed by atoms with Crippen molar-refractivity contribution < 1.29 is 8.78 Å². The highest BCUT2D eigenvalue weighted by Gasteiger charge is 2.12. The molecule has 3 aromatic rings. The smallest absolute Gasteiger partial charge is 0.168 e. The zero-order chi connectivity index (χ0) is 13.2. The summed E-state index contributed by atoms with van der Waals surface area (Å²) in [7, 11) is 0. The minimum absolute atomic E-state index is 0.213. The molecule has 0 aliphatic heterocycles. The molecule has 0 spiro atoms. The molecule has 0 bridgehead atoms. The third-order valence-electron chi connectivity index (χ3n) is 2.75. The molecule has 5 heteroatoms. The Labute approximate surface area is 108 Å². The van der Waals surface area contributed by atoms with E-state index in [4.69, 9.17) is 0 Å². The first kappa shape index (κ1) is 11.5. The monoisotopic (exact) mass is 257 g/mol. The summed E-state index contributed by atoms with van der Waals surface area (Å²) in [5.74, 6) is -0.765. The molecule has 2 aromatic carbocycles. The van der Waals surface area contributed by atoms with Crippen LogP contribution in [0.5, 0.6) is 0 Å². The molecule has 0 atom stereocenters. The summed E-state index contributed by atoms with van der Waals surface area (Å²) < 4.78 is 28.2. The Morgan fingerprint density at radius 2 is 1.74 bits per heavy atom. The number of nitrogens with zero attached hydrogens (tertiary/aromatic N) is 3. The Bertz CT molecular complexity index is 708. The fraction of sp³-hybridized carbons (Fsp3) is 0. The van der Waals surface area contributed by atoms with Crippen LogP contribution in [0, 0.1) is 11.6 Å². The average molecular weight is 257 g/mol. The maximum absolute atomic E-state index is 13.8. The van der Waals surface area contributed by atoms with Gasteiger partial charge in [-0.25, -0.2) is 8.78 Å². The first-order chi connectivity index (χ1) is 9.25. The highest BCUT2D eigenvalue weighted by atomic mass is 19.1. The number of aromatic nitrogens is 3. The van der Waals surface area contributed by atoms with E-state index in [0.717, 1.165) is 11.6 Å². The molecule has 1 heterocycles. The summed E-state index contributed by atoms with van der Waals surface area (Å²) in [6.45, 7) is 0. The van der Waals surface area contributed by atoms with Gasteiger partial charge in [0.1, 0.15) is 18.0 Å². The summed E-state index contributed by atoms with van der Waals surface area (Å²) in [4.78, 5) is 0. The van der Waals surface area contributed by atoms with Crippen LogP contribution in [0.3, 0.4) is 0 Å². The van der Waals surface area contributed by atoms with Crippen LogP contribution in [0.2, 0.25) is 0 Å². The van der Waals surface area contributed by atoms with Crippen molar-refractivity contribution in [3.05, 3.63) is 66.5 Å². The number of hydrogen-bond donors (Lipinski definition) is 0. The van der Waals surface area contributed by atoms with E-state index in [1.807, 2.05) is 30.3 Å². The molecule has 0 radical (unpaired) electrons. The van der Waals surface area contributed by atoms with Gasteiger partial charge in [-0.05, 0) is 12.1 Å². The molecule has 19 heavy (non-hydrogen) atoms. The van der Waals surface area contributed by atoms with E-state index in [0.29, 0.717) is 5.82 Å². The lowest BCUT2D eigenvalue weighted by Crippen LogP contribution is -1.99. The van der Waals surface area contributed by atoms with Gasteiger partial charge in [0, 0.05) is 11.6 Å². The topological polar surface area (TPSA) is 30.7 Å². The van der Waals surface area contributed by atoms with Gasteiger partial charge >= 0.3 is 0 Å². The molecule has 0 saturated heterocycles. The number of rotatable bonds is 2. The SMILES string of the molecule is Fc1ccc(-n2cnnc2-c2ccccc2)c(F)c1. The zero-order valence-electron chi connectivity index (χ0n) is 9.79. The van der Waals surface area contributed by atoms with E-state index in [1.54, 1.807) is 0 Å². The van der Waals surface area contributed by atoms with Crippen molar-refractivity contribution in [3.63, 3.8) is 0 Å². The van der Waals surface area contributed by atoms with Crippen molar-refractivity contribution in [2.45, 2.75) is 0 Å². The highest BCUT2D eigenvalue weighted by Crippen LogP contribution is 2.22. The summed E-state index contributed by atoms with van der Waals surface area (Å²) in [6.07, 6.45) is 1.40. The molecule has 3 nitrogen and oxygen atoms in total. The van der Waals surface area contributed by atoms with Crippen LogP contribution in [0.15, 0.2) is 54.9 Å². The van der Waals surface area contributed by atoms with Crippen LogP contribution in [-0.2, 0) is 0 Å². The largest absolute Gasteiger partial charge is 0.279 e. The van der Waals surface area contributed by atoms with Crippen LogP contribution in [0.4, 0.5) is 8.78 Å². The molecule has 3 rings (SSSR count). The highest BCUT2D eigenvalue weighted by molar-refractivity contribution is 5.57. The minimum Gasteiger partial charge on any atom is -0.279 e. The molecule has 0 unspecified atom stereocenters. The van der Waals surface area contributed by atoms with Gasteiger partial charge in [-0.3, -0.25) is 4.57 Å². The lowest BCUT2D eigenvalue weighted by atomic mass is 10.2. The van der Waals surface area contributed by atoms with Crippen molar-refractivity contribution >= 4 is 0 Å². The first-order valence-corrected chi connectivity index (χ1v) is 5.66. The third-order valence-corrected chi connectivity index (χ3v) is 2.75. The van der Waals surface area contributed by atoms with E-state index in [2.05, 4.69) is 10.2 Å². The van der Waals surface area contributed by atoms with E-state index >= 15 is 0 Å². The summed E-state index contributed by atoms with van der Waals surface area (Å²) in [5, 5.41) is 7.77. The molecular formula is C14H9F2N3. The predicted molar refractivity (Wildman–Crippen MR) is 66.7 cm³/mol. The quantitative estimate of drug-likeness (QED) is 0.705. The normalized spacial score (nSPS) is 10.6. The Balaban J connectivity index is 2.15. The number of halogens is 2. The lowest BCUT2D eigenvalue weighted by molar-refractivity contribution is 0.578. The Hall–Kier alpha value is -2.56. The van der Waals surface area contributed by atoms with Gasteiger partial charge in [0.25, 0.3) is 0 Å². The summed E-state index contributed by atoms with van der Waals surface area (Å²) in [5.41, 5.74) is 1.02. The van der Waals surface area contributed by atoms with Gasteiger partial charge in [0.15, 0.2) is 5.82 Å². The van der Waals surface area contributed by atoms with E-state index in [9.17, 15) is 8.78 Å². The van der Waals surface area contributed by atoms with Crippen LogP contribution >= 0.6 is 0 Å². The van der Waals surface area contributed by atoms with Crippen molar-refractivity contribution in [3.8, 4) is 17.1 Å². The lowest BCUT2D eigenvalue weighted by Gasteiger charge is -2.07. The maximum atomic E-state index is 13.8. The van der Waals surface area contributed by atoms with E-state index in [1.165, 1.54) is 23.0 Å². The molecule has 0 fully saturated rings. The average Bonchev–Trinajstić information content (AvgIpc) is 2.89. The molecule has 0 aliphatic rings. The van der Waals surface area contributed by atoms with Crippen molar-refractivity contribution in [2.75, 3.05) is 0 Å². The fourth-order valence-corrected chi connectivity index (χ4v) is 1.87. The zero-order valence-corrected chi connectivity index (χ0v) is 9.79. The Morgan fingerprint density at radius 1 is 0.947 bits per heavy atom. The second-order valence-corrected chi connectivity index (χ2v) is 3.99. The van der Waals surface area contributed by atoms with Gasteiger partial charge in [-0.15, -0.1) is 10.2 Å². The standard InChI is InChI=1S/C14H9F2N3/c15-11-6-7-13(12(16)8-11)19-9-17-18-14(19)10-4-2-1-3-5-10/h1-9H. The number of benzene rings is 2. The molecule has 0 aliphatic carbocycles. The second-order valence-electron chi connectivity index (χ2n) is 3.99. The summed E-state index contributed by atoms with van der Waals surface area (Å²) >= 11 is 0. The van der Waals surface area contributed by atoms with Crippen LogP contribution in [-0.4, -0.2) is 14.8 Å². The molecule has 94 valence electrons. The van der Waals surface area contributed by atoms with Gasteiger partial charge in [-0.1, -0.05) is 30.3 Å². The van der Waals surface area contributed by atoms with Crippen LogP contribution < -0.4 is 0 Å². The van der Waals surface area contributed by atoms with E-state index < -0.39 is 11.6 Å². The van der Waals surface area contributed by atoms with Crippen LogP contribution in [0.1, 0.15) is 0 Å². The minimum atomic E-state index is -0.656. The van der Waals surface area contributed by atoms with Crippen molar-refractivity contribution in [1.29, 1.82) is 0 Å². The van der Waals surface area contributed by atoms with Gasteiger partial charge in [0.2, 0.25) is 0 Å². The molecule has 0 amide bonds. The summed E-state index contributed by atoms with van der Waals surface area (Å²) in [6, 6.07) is 12.7. The first-order valence-electron chi connectivity index (χ1n) is 5.66. The second kappa shape index (κ2) is 4.61. The fourth-order valence-electron chi connectivity index (χ4n) is 1.87. The van der Waals surface area contributed by atoms with Crippen molar-refractivity contribution in [1.82, 2.24) is 14.8 Å². The van der Waals surface area contributed by atoms with Gasteiger partial charge in [0.05, 0.1) is 5.69 Å². The third kappa shape index (κ3) is 2.10. The van der Waals surface area contributed by atoms with E-state index in [-0.39, 0.29) is 5.69 Å². The maximum Gasteiger partial charge on any atom is 0.168 e. The van der Waals surface area contributed by atoms with Crippen molar-refractivity contribution in [2.24, 2.45) is 0 Å². The predicted octanol–water partition coefficient (Wildman–Crippen LogP) is 3.21. The molecule has 0 N–H and O–H groups in total. The number of hydrogen-bond acceptors (Lipinski definition) is 2. The molecule has 0 saturated carbocycles. The Morgan fingerprint density at radius 3 is 2.47 bits per heavy atom. The Kier molecular flexibility index (Phi) is 2.79. The molecular weight excluding hydrogens is 248 g/mol. The van der Waals surface area contributed by atoms with Crippen LogP contribution in [0.25, 0.3) is 17.1 Å². The van der Waals surface area contributed by atoms with Gasteiger partial charge in [-0.2, -0.15) is 0 Å². The molecule has 1 aromatic heterocycles.